The molecule has 0 aliphatic heterocycles. The third-order valence-corrected chi connectivity index (χ3v) is 3.98. The number of rotatable bonds is 8. The Balaban J connectivity index is 1.90. The molecule has 0 fully saturated rings. The number of thioether (sulfide) groups is 1. The molecule has 2 aromatic carbocycles. The number of hydrogen-bond donors (Lipinski definition) is 1. The van der Waals surface area contributed by atoms with Crippen molar-refractivity contribution in [2.24, 2.45) is 5.16 Å². The highest BCUT2D eigenvalue weighted by Crippen LogP contribution is 2.18. The minimum absolute atomic E-state index is 0.0522. The molecule has 0 bridgehead atoms. The molecule has 0 spiro atoms. The molecule has 1 heterocycles. The molecule has 7 heteroatoms. The van der Waals surface area contributed by atoms with Crippen molar-refractivity contribution in [3.63, 3.8) is 0 Å². The fourth-order valence-electron chi connectivity index (χ4n) is 2.25. The van der Waals surface area contributed by atoms with E-state index in [9.17, 15) is 4.79 Å². The lowest BCUT2D eigenvalue weighted by molar-refractivity contribution is 0.106. The average Bonchev–Trinajstić information content (AvgIpc) is 2.79. The van der Waals surface area contributed by atoms with Crippen LogP contribution < -0.4 is 4.74 Å². The van der Waals surface area contributed by atoms with E-state index in [2.05, 4.69) is 20.3 Å². The summed E-state index contributed by atoms with van der Waals surface area (Å²) in [5.41, 5.74) is 0.485. The molecular formula is C20H17N3O3S. The standard InChI is InChI=1S/C20H17N3O3S/c1-27-20-21-11-10-17(22-20)18(23-25)19(24)15-8-5-9-16(12-15)26-13-14-6-3-2-4-7-14/h2-12,25H,13H2,1H3/i1D,10D,11D/hD. The topological polar surface area (TPSA) is 84.7 Å². The SMILES string of the molecule is [2H]CSc1nc([2H])c([2H])c(C(=NO[2H])C(=O)c2cccc(OCc3ccccc3)c2)n1. The summed E-state index contributed by atoms with van der Waals surface area (Å²) in [5.74, 6) is -0.216. The summed E-state index contributed by atoms with van der Waals surface area (Å²) in [7, 11) is 0. The van der Waals surface area contributed by atoms with Crippen LogP contribution in [0.15, 0.2) is 77.1 Å². The molecule has 3 aromatic rings. The number of carbonyl (C=O) groups is 1. The molecule has 0 unspecified atom stereocenters. The van der Waals surface area contributed by atoms with Gasteiger partial charge >= 0.3 is 1.43 Å². The normalized spacial score (nSPS) is 13.1. The van der Waals surface area contributed by atoms with Gasteiger partial charge in [0.25, 0.3) is 0 Å². The first-order chi connectivity index (χ1) is 15.0. The van der Waals surface area contributed by atoms with Crippen molar-refractivity contribution < 1.29 is 20.3 Å². The van der Waals surface area contributed by atoms with E-state index in [4.69, 9.17) is 10.3 Å². The summed E-state index contributed by atoms with van der Waals surface area (Å²) in [6, 6.07) is 15.5. The zero-order valence-electron chi connectivity index (χ0n) is 18.1. The predicted octanol–water partition coefficient (Wildman–Crippen LogP) is 3.84. The Kier molecular flexibility index (Phi) is 4.62. The van der Waals surface area contributed by atoms with Crippen LogP contribution in [0, 0.1) is 0 Å². The van der Waals surface area contributed by atoms with Crippen LogP contribution in [0.3, 0.4) is 0 Å². The van der Waals surface area contributed by atoms with Crippen LogP contribution in [-0.4, -0.2) is 32.9 Å². The first-order valence-electron chi connectivity index (χ1n) is 9.94. The number of aromatic nitrogens is 2. The van der Waals surface area contributed by atoms with Gasteiger partial charge in [-0.25, -0.2) is 9.97 Å². The lowest BCUT2D eigenvalue weighted by Crippen LogP contribution is -2.18. The van der Waals surface area contributed by atoms with E-state index in [1.807, 2.05) is 30.3 Å². The quantitative estimate of drug-likeness (QED) is 0.159. The van der Waals surface area contributed by atoms with Crippen molar-refractivity contribution in [2.45, 2.75) is 11.8 Å². The van der Waals surface area contributed by atoms with Crippen LogP contribution in [0.25, 0.3) is 0 Å². The number of ketones is 1. The molecule has 0 amide bonds. The molecule has 0 saturated heterocycles. The van der Waals surface area contributed by atoms with Gasteiger partial charge in [-0.15, -0.1) is 0 Å². The van der Waals surface area contributed by atoms with Gasteiger partial charge in [-0.3, -0.25) is 4.79 Å². The molecule has 0 aliphatic rings. The Morgan fingerprint density at radius 2 is 2.22 bits per heavy atom. The van der Waals surface area contributed by atoms with Crippen LogP contribution in [0.2, 0.25) is 1.43 Å². The summed E-state index contributed by atoms with van der Waals surface area (Å²) in [4.78, 5) is 21.0. The van der Waals surface area contributed by atoms with Gasteiger partial charge in [0.2, 0.25) is 5.78 Å². The number of ether oxygens (including phenoxy) is 1. The van der Waals surface area contributed by atoms with Crippen molar-refractivity contribution >= 4 is 23.3 Å². The minimum Gasteiger partial charge on any atom is -0.489 e. The van der Waals surface area contributed by atoms with Crippen molar-refractivity contribution in [3.05, 3.63) is 83.6 Å². The van der Waals surface area contributed by atoms with Crippen LogP contribution in [0.1, 0.15) is 25.7 Å². The molecule has 6 nitrogen and oxygen atoms in total. The molecule has 3 rings (SSSR count). The van der Waals surface area contributed by atoms with E-state index in [1.165, 1.54) is 12.1 Å². The maximum atomic E-state index is 13.1. The molecule has 1 N–H and O–H groups in total. The van der Waals surface area contributed by atoms with Gasteiger partial charge in [0.1, 0.15) is 18.1 Å². The summed E-state index contributed by atoms with van der Waals surface area (Å²) < 4.78 is 35.9. The highest BCUT2D eigenvalue weighted by molar-refractivity contribution is 7.98. The van der Waals surface area contributed by atoms with E-state index >= 15 is 0 Å². The van der Waals surface area contributed by atoms with Gasteiger partial charge in [-0.2, -0.15) is 0 Å². The van der Waals surface area contributed by atoms with E-state index in [1.54, 1.807) is 12.1 Å². The first-order valence-corrected chi connectivity index (χ1v) is 8.81. The lowest BCUT2D eigenvalue weighted by atomic mass is 10.0. The van der Waals surface area contributed by atoms with Crippen molar-refractivity contribution in [1.29, 1.82) is 0 Å². The first kappa shape index (κ1) is 13.9. The molecular weight excluding hydrogens is 362 g/mol. The fourth-order valence-corrected chi connectivity index (χ4v) is 2.52. The van der Waals surface area contributed by atoms with Gasteiger partial charge in [0.15, 0.2) is 10.9 Å². The summed E-state index contributed by atoms with van der Waals surface area (Å²) >= 11 is 0.929. The molecule has 0 radical (unpaired) electrons. The van der Waals surface area contributed by atoms with E-state index in [0.717, 1.165) is 17.3 Å². The number of benzene rings is 2. The van der Waals surface area contributed by atoms with E-state index in [-0.39, 0.29) is 22.6 Å². The molecule has 0 saturated carbocycles. The Morgan fingerprint density at radius 1 is 1.33 bits per heavy atom. The van der Waals surface area contributed by atoms with E-state index < -0.39 is 23.7 Å². The second kappa shape index (κ2) is 8.95. The molecule has 0 atom stereocenters. The largest absolute Gasteiger partial charge is 0.489 e. The van der Waals surface area contributed by atoms with Crippen LogP contribution in [0.5, 0.6) is 5.75 Å². The summed E-state index contributed by atoms with van der Waals surface area (Å²) in [5, 5.41) is 7.56. The summed E-state index contributed by atoms with van der Waals surface area (Å²) in [6.07, 6.45) is -0.529. The minimum atomic E-state index is -0.661. The van der Waals surface area contributed by atoms with Crippen LogP contribution >= 0.6 is 11.8 Å². The number of carbonyl (C=O) groups excluding carboxylic acids is 1. The third kappa shape index (κ3) is 4.71. The second-order valence-corrected chi connectivity index (χ2v) is 5.96. The zero-order valence-corrected chi connectivity index (χ0v) is 14.9. The molecule has 27 heavy (non-hydrogen) atoms. The maximum Gasteiger partial charge on any atom is 0.330 e. The predicted molar refractivity (Wildman–Crippen MR) is 104 cm³/mol. The van der Waals surface area contributed by atoms with Gasteiger partial charge in [0.05, 0.1) is 2.74 Å². The molecule has 0 aliphatic carbocycles. The van der Waals surface area contributed by atoms with E-state index in [0.29, 0.717) is 12.4 Å². The van der Waals surface area contributed by atoms with Crippen molar-refractivity contribution in [1.82, 2.24) is 9.97 Å². The highest BCUT2D eigenvalue weighted by Gasteiger charge is 2.19. The third-order valence-electron chi connectivity index (χ3n) is 3.54. The monoisotopic (exact) mass is 383 g/mol. The van der Waals surface area contributed by atoms with Gasteiger partial charge in [0, 0.05) is 13.1 Å². The Morgan fingerprint density at radius 3 is 3.04 bits per heavy atom. The Bertz CT molecular complexity index is 1100. The van der Waals surface area contributed by atoms with Crippen molar-refractivity contribution in [2.75, 3.05) is 6.23 Å². The Hall–Kier alpha value is -3.19. The van der Waals surface area contributed by atoms with Crippen molar-refractivity contribution in [3.8, 4) is 5.75 Å². The second-order valence-electron chi connectivity index (χ2n) is 5.31. The number of oxime groups is 1. The number of nitrogens with zero attached hydrogens (tertiary/aromatic N) is 3. The lowest BCUT2D eigenvalue weighted by Gasteiger charge is -2.08. The Labute approximate surface area is 166 Å². The van der Waals surface area contributed by atoms with Crippen LogP contribution in [0.4, 0.5) is 0 Å². The average molecular weight is 383 g/mol. The smallest absolute Gasteiger partial charge is 0.330 e. The van der Waals surface area contributed by atoms with Gasteiger partial charge in [-0.05, 0) is 30.0 Å². The number of hydrogen-bond acceptors (Lipinski definition) is 7. The molecule has 136 valence electrons. The highest BCUT2D eigenvalue weighted by atomic mass is 32.2. The maximum absolute atomic E-state index is 13.1. The van der Waals surface area contributed by atoms with Crippen LogP contribution in [-0.2, 0) is 6.61 Å². The zero-order chi connectivity index (χ0) is 22.2. The summed E-state index contributed by atoms with van der Waals surface area (Å²) in [6.45, 7) is 0.313. The fraction of sp³-hybridized carbons (Fsp3) is 0.100. The van der Waals surface area contributed by atoms with Gasteiger partial charge in [-0.1, -0.05) is 59.4 Å². The van der Waals surface area contributed by atoms with Gasteiger partial charge < -0.3 is 9.95 Å². The number of Topliss-reactive ketones (excluding diaryl/α,β-unsaturated/α-hetero) is 1. The molecule has 1 aromatic heterocycles.